The molecule has 1 fully saturated rings. The van der Waals surface area contributed by atoms with E-state index in [-0.39, 0.29) is 17.5 Å². The fraction of sp³-hybridized carbons (Fsp3) is 0.263. The third kappa shape index (κ3) is 3.96. The summed E-state index contributed by atoms with van der Waals surface area (Å²) in [6.45, 7) is 1.15. The van der Waals surface area contributed by atoms with Gasteiger partial charge in [0, 0.05) is 42.0 Å². The van der Waals surface area contributed by atoms with E-state index in [2.05, 4.69) is 20.9 Å². The van der Waals surface area contributed by atoms with Crippen LogP contribution in [0.5, 0.6) is 5.19 Å². The molecule has 2 aromatic carbocycles. The van der Waals surface area contributed by atoms with Crippen molar-refractivity contribution in [3.05, 3.63) is 58.1 Å². The summed E-state index contributed by atoms with van der Waals surface area (Å²) in [5.74, 6) is -1.32. The van der Waals surface area contributed by atoms with Crippen molar-refractivity contribution in [1.82, 2.24) is 9.88 Å². The molecule has 1 amide bonds. The second-order valence-electron chi connectivity index (χ2n) is 6.33. The van der Waals surface area contributed by atoms with Gasteiger partial charge in [-0.1, -0.05) is 27.3 Å². The van der Waals surface area contributed by atoms with Crippen LogP contribution in [-0.4, -0.2) is 35.0 Å². The van der Waals surface area contributed by atoms with Gasteiger partial charge in [0.15, 0.2) is 5.82 Å². The minimum Gasteiger partial charge on any atom is -0.467 e. The number of ether oxygens (including phenoxy) is 1. The molecule has 0 spiro atoms. The Morgan fingerprint density at radius 3 is 2.59 bits per heavy atom. The Morgan fingerprint density at radius 2 is 1.89 bits per heavy atom. The van der Waals surface area contributed by atoms with Crippen molar-refractivity contribution >= 4 is 43.4 Å². The Morgan fingerprint density at radius 1 is 1.19 bits per heavy atom. The fourth-order valence-electron chi connectivity index (χ4n) is 3.08. The summed E-state index contributed by atoms with van der Waals surface area (Å²) in [6.07, 6.45) is 1.22. The van der Waals surface area contributed by atoms with Crippen molar-refractivity contribution in [1.29, 1.82) is 0 Å². The topological polar surface area (TPSA) is 42.4 Å². The first-order valence-electron chi connectivity index (χ1n) is 8.46. The molecule has 2 heterocycles. The number of amides is 1. The molecule has 27 heavy (non-hydrogen) atoms. The van der Waals surface area contributed by atoms with E-state index < -0.39 is 11.6 Å². The monoisotopic (exact) mass is 452 g/mol. The molecule has 1 aliphatic rings. The van der Waals surface area contributed by atoms with Gasteiger partial charge in [-0.05, 0) is 30.3 Å². The van der Waals surface area contributed by atoms with Gasteiger partial charge in [0.05, 0.1) is 4.70 Å². The lowest BCUT2D eigenvalue weighted by molar-refractivity contribution is 0.0595. The highest BCUT2D eigenvalue weighted by Crippen LogP contribution is 2.32. The van der Waals surface area contributed by atoms with Crippen LogP contribution in [0.3, 0.4) is 0 Å². The van der Waals surface area contributed by atoms with Crippen molar-refractivity contribution in [3.63, 3.8) is 0 Å². The summed E-state index contributed by atoms with van der Waals surface area (Å²) < 4.78 is 34.3. The van der Waals surface area contributed by atoms with E-state index in [1.807, 2.05) is 12.1 Å². The third-order valence-electron chi connectivity index (χ3n) is 4.48. The molecule has 0 atom stereocenters. The van der Waals surface area contributed by atoms with E-state index in [0.717, 1.165) is 21.9 Å². The van der Waals surface area contributed by atoms with Crippen LogP contribution in [0.1, 0.15) is 23.2 Å². The second-order valence-corrected chi connectivity index (χ2v) is 8.24. The van der Waals surface area contributed by atoms with Crippen molar-refractivity contribution in [2.75, 3.05) is 13.1 Å². The first-order valence-corrected chi connectivity index (χ1v) is 10.1. The molecular weight excluding hydrogens is 438 g/mol. The number of piperidine rings is 1. The van der Waals surface area contributed by atoms with Crippen molar-refractivity contribution < 1.29 is 18.3 Å². The maximum absolute atomic E-state index is 13.8. The normalized spacial score (nSPS) is 15.3. The van der Waals surface area contributed by atoms with E-state index in [4.69, 9.17) is 4.74 Å². The number of rotatable bonds is 3. The average Bonchev–Trinajstić information content (AvgIpc) is 3.05. The molecule has 1 aliphatic heterocycles. The molecular formula is C19H15BrF2N2O2S. The van der Waals surface area contributed by atoms with Gasteiger partial charge < -0.3 is 9.64 Å². The van der Waals surface area contributed by atoms with Gasteiger partial charge in [-0.25, -0.2) is 8.78 Å². The first kappa shape index (κ1) is 18.3. The molecule has 140 valence electrons. The predicted octanol–water partition coefficient (Wildman–Crippen LogP) is 5.02. The highest BCUT2D eigenvalue weighted by Gasteiger charge is 2.25. The molecule has 0 N–H and O–H groups in total. The van der Waals surface area contributed by atoms with Crippen molar-refractivity contribution in [3.8, 4) is 5.19 Å². The van der Waals surface area contributed by atoms with E-state index in [9.17, 15) is 13.6 Å². The van der Waals surface area contributed by atoms with Crippen LogP contribution in [0, 0.1) is 11.6 Å². The second kappa shape index (κ2) is 7.52. The van der Waals surface area contributed by atoms with Crippen molar-refractivity contribution in [2.24, 2.45) is 0 Å². The molecule has 0 bridgehead atoms. The Hall–Kier alpha value is -2.06. The number of carbonyl (C=O) groups excluding carboxylic acids is 1. The lowest BCUT2D eigenvalue weighted by Crippen LogP contribution is -2.41. The Kier molecular flexibility index (Phi) is 5.10. The molecule has 0 aliphatic carbocycles. The quantitative estimate of drug-likeness (QED) is 0.560. The van der Waals surface area contributed by atoms with E-state index >= 15 is 0 Å². The van der Waals surface area contributed by atoms with Crippen LogP contribution >= 0.6 is 27.3 Å². The lowest BCUT2D eigenvalue weighted by Gasteiger charge is -2.31. The smallest absolute Gasteiger partial charge is 0.274 e. The van der Waals surface area contributed by atoms with Gasteiger partial charge in [-0.15, -0.1) is 0 Å². The van der Waals surface area contributed by atoms with Gasteiger partial charge >= 0.3 is 0 Å². The Bertz CT molecular complexity index is 985. The van der Waals surface area contributed by atoms with Crippen LogP contribution in [-0.2, 0) is 0 Å². The van der Waals surface area contributed by atoms with Crippen LogP contribution in [0.4, 0.5) is 8.78 Å². The Labute approximate surface area is 166 Å². The summed E-state index contributed by atoms with van der Waals surface area (Å²) in [5, 5.41) is 0.326. The summed E-state index contributed by atoms with van der Waals surface area (Å²) in [7, 11) is 0. The number of nitrogens with zero attached hydrogens (tertiary/aromatic N) is 2. The van der Waals surface area contributed by atoms with Gasteiger partial charge in [0.1, 0.15) is 17.4 Å². The number of hydrogen-bond acceptors (Lipinski definition) is 4. The van der Waals surface area contributed by atoms with Crippen LogP contribution in [0.2, 0.25) is 0 Å². The minimum atomic E-state index is -0.689. The zero-order valence-electron chi connectivity index (χ0n) is 14.1. The minimum absolute atomic E-state index is 0.00140. The van der Waals surface area contributed by atoms with E-state index in [0.29, 0.717) is 41.4 Å². The molecule has 4 rings (SSSR count). The molecule has 8 heteroatoms. The zero-order chi connectivity index (χ0) is 19.0. The average molecular weight is 453 g/mol. The highest BCUT2D eigenvalue weighted by atomic mass is 79.9. The standard InChI is InChI=1S/C19H15BrF2N2O2S/c20-12-3-1-11(2-4-12)18(25)24-7-5-14(6-8-24)26-19-23-17-15(22)9-13(21)10-16(17)27-19/h1-4,9-10,14H,5-8H2. The first-order chi connectivity index (χ1) is 13.0. The molecule has 0 radical (unpaired) electrons. The number of aromatic nitrogens is 1. The molecule has 1 aromatic heterocycles. The van der Waals surface area contributed by atoms with Gasteiger partial charge in [0.2, 0.25) is 0 Å². The molecule has 4 nitrogen and oxygen atoms in total. The fourth-order valence-corrected chi connectivity index (χ4v) is 4.27. The summed E-state index contributed by atoms with van der Waals surface area (Å²) >= 11 is 4.49. The highest BCUT2D eigenvalue weighted by molar-refractivity contribution is 9.10. The van der Waals surface area contributed by atoms with E-state index in [1.54, 1.807) is 17.0 Å². The number of likely N-dealkylation sites (tertiary alicyclic amines) is 1. The number of carbonyl (C=O) groups is 1. The molecule has 3 aromatic rings. The number of fused-ring (bicyclic) bond motifs is 1. The summed E-state index contributed by atoms with van der Waals surface area (Å²) in [4.78, 5) is 18.5. The van der Waals surface area contributed by atoms with E-state index in [1.165, 1.54) is 6.07 Å². The van der Waals surface area contributed by atoms with Crippen LogP contribution < -0.4 is 4.74 Å². The SMILES string of the molecule is O=C(c1ccc(Br)cc1)N1CCC(Oc2nc3c(F)cc(F)cc3s2)CC1. The summed E-state index contributed by atoms with van der Waals surface area (Å²) in [6, 6.07) is 9.35. The number of benzene rings is 2. The maximum atomic E-state index is 13.8. The van der Waals surface area contributed by atoms with Gasteiger partial charge in [-0.3, -0.25) is 4.79 Å². The lowest BCUT2D eigenvalue weighted by atomic mass is 10.1. The molecule has 0 saturated carbocycles. The van der Waals surface area contributed by atoms with Crippen LogP contribution in [0.25, 0.3) is 10.2 Å². The molecule has 0 unspecified atom stereocenters. The molecule has 1 saturated heterocycles. The van der Waals surface area contributed by atoms with Crippen molar-refractivity contribution in [2.45, 2.75) is 18.9 Å². The third-order valence-corrected chi connectivity index (χ3v) is 5.90. The summed E-state index contributed by atoms with van der Waals surface area (Å²) in [5.41, 5.74) is 0.778. The number of thiazole rings is 1. The van der Waals surface area contributed by atoms with Gasteiger partial charge in [-0.2, -0.15) is 4.98 Å². The van der Waals surface area contributed by atoms with Gasteiger partial charge in [0.25, 0.3) is 11.1 Å². The largest absolute Gasteiger partial charge is 0.467 e. The Balaban J connectivity index is 1.39. The number of halogens is 3. The zero-order valence-corrected chi connectivity index (χ0v) is 16.5. The number of hydrogen-bond donors (Lipinski definition) is 0. The maximum Gasteiger partial charge on any atom is 0.274 e. The predicted molar refractivity (Wildman–Crippen MR) is 103 cm³/mol. The van der Waals surface area contributed by atoms with Crippen LogP contribution in [0.15, 0.2) is 40.9 Å².